The van der Waals surface area contributed by atoms with Crippen LogP contribution in [0, 0.1) is 0 Å². The van der Waals surface area contributed by atoms with E-state index in [9.17, 15) is 19.0 Å². The molecular formula is C54H100N2O7P+. The molecule has 0 aromatic heterocycles. The first-order valence-corrected chi connectivity index (χ1v) is 27.6. The number of quaternary nitrogens is 1. The van der Waals surface area contributed by atoms with Gasteiger partial charge < -0.3 is 19.4 Å². The predicted molar refractivity (Wildman–Crippen MR) is 272 cm³/mol. The Labute approximate surface area is 394 Å². The lowest BCUT2D eigenvalue weighted by Crippen LogP contribution is -2.47. The van der Waals surface area contributed by atoms with Crippen molar-refractivity contribution in [3.05, 3.63) is 60.8 Å². The lowest BCUT2D eigenvalue weighted by Gasteiger charge is -2.27. The molecule has 0 aromatic carbocycles. The maximum atomic E-state index is 13.4. The molecule has 0 aliphatic carbocycles. The molecule has 0 radical (unpaired) electrons. The summed E-state index contributed by atoms with van der Waals surface area (Å²) in [5, 5.41) is 3.02. The minimum atomic E-state index is -4.44. The Morgan fingerprint density at radius 1 is 0.562 bits per heavy atom. The van der Waals surface area contributed by atoms with E-state index in [2.05, 4.69) is 74.7 Å². The summed E-state index contributed by atoms with van der Waals surface area (Å²) in [5.74, 6) is -0.544. The zero-order valence-corrected chi connectivity index (χ0v) is 43.2. The summed E-state index contributed by atoms with van der Waals surface area (Å²) in [6.45, 7) is 6.84. The molecule has 10 heteroatoms. The van der Waals surface area contributed by atoms with Gasteiger partial charge in [0.05, 0.1) is 33.8 Å². The minimum Gasteiger partial charge on any atom is -0.456 e. The van der Waals surface area contributed by atoms with Gasteiger partial charge in [0.1, 0.15) is 19.3 Å². The average Bonchev–Trinajstić information content (AvgIpc) is 3.25. The fourth-order valence-electron chi connectivity index (χ4n) is 7.16. The molecule has 0 aromatic rings. The number of nitrogens with one attached hydrogen (secondary N) is 1. The summed E-state index contributed by atoms with van der Waals surface area (Å²) >= 11 is 0. The van der Waals surface area contributed by atoms with Crippen molar-refractivity contribution in [3.8, 4) is 0 Å². The van der Waals surface area contributed by atoms with Crippen LogP contribution < -0.4 is 5.32 Å². The van der Waals surface area contributed by atoms with Gasteiger partial charge >= 0.3 is 13.8 Å². The number of allylic oxidation sites excluding steroid dienone is 9. The number of likely N-dealkylation sites (N-methyl/N-ethyl adjacent to an activating group) is 1. The number of phosphoric acid groups is 1. The molecule has 64 heavy (non-hydrogen) atoms. The third kappa shape index (κ3) is 44.9. The number of phosphoric ester groups is 1. The van der Waals surface area contributed by atoms with Gasteiger partial charge in [0, 0.05) is 12.8 Å². The third-order valence-corrected chi connectivity index (χ3v) is 12.2. The summed E-state index contributed by atoms with van der Waals surface area (Å²) in [4.78, 5) is 37.4. The molecule has 0 saturated heterocycles. The molecule has 0 aliphatic heterocycles. The molecule has 0 aliphatic rings. The fraction of sp³-hybridized carbons (Fsp3) is 0.778. The number of amides is 1. The van der Waals surface area contributed by atoms with Crippen molar-refractivity contribution < 1.29 is 37.3 Å². The van der Waals surface area contributed by atoms with Gasteiger partial charge in [-0.15, -0.1) is 0 Å². The molecular weight excluding hydrogens is 820 g/mol. The van der Waals surface area contributed by atoms with Crippen LogP contribution in [0.15, 0.2) is 60.8 Å². The number of carbonyl (C=O) groups is 2. The van der Waals surface area contributed by atoms with Crippen LogP contribution in [0.4, 0.5) is 0 Å². The quantitative estimate of drug-likeness (QED) is 0.0206. The summed E-state index contributed by atoms with van der Waals surface area (Å²) < 4.78 is 30.4. The fourth-order valence-corrected chi connectivity index (χ4v) is 7.90. The minimum absolute atomic E-state index is 0.0330. The van der Waals surface area contributed by atoms with Gasteiger partial charge in [-0.05, 0) is 70.3 Å². The Hall–Kier alpha value is -2.29. The second-order valence-electron chi connectivity index (χ2n) is 18.7. The van der Waals surface area contributed by atoms with Crippen molar-refractivity contribution in [1.29, 1.82) is 0 Å². The molecule has 0 spiro atoms. The Bertz CT molecular complexity index is 1290. The van der Waals surface area contributed by atoms with Crippen LogP contribution in [-0.4, -0.2) is 74.3 Å². The monoisotopic (exact) mass is 920 g/mol. The molecule has 2 N–H and O–H groups in total. The molecule has 0 saturated carbocycles. The molecule has 372 valence electrons. The average molecular weight is 920 g/mol. The second kappa shape index (κ2) is 44.5. The van der Waals surface area contributed by atoms with Gasteiger partial charge in [-0.25, -0.2) is 4.57 Å². The van der Waals surface area contributed by atoms with Crippen molar-refractivity contribution in [2.75, 3.05) is 40.9 Å². The van der Waals surface area contributed by atoms with E-state index in [1.165, 1.54) is 96.3 Å². The van der Waals surface area contributed by atoms with Crippen molar-refractivity contribution in [2.24, 2.45) is 0 Å². The molecule has 0 bridgehead atoms. The van der Waals surface area contributed by atoms with Gasteiger partial charge in [0.25, 0.3) is 0 Å². The van der Waals surface area contributed by atoms with Gasteiger partial charge in [0.15, 0.2) is 0 Å². The maximum Gasteiger partial charge on any atom is 0.472 e. The summed E-state index contributed by atoms with van der Waals surface area (Å²) in [6.07, 6.45) is 53.6. The number of ether oxygens (including phenoxy) is 1. The Balaban J connectivity index is 5.45. The van der Waals surface area contributed by atoms with E-state index < -0.39 is 20.0 Å². The van der Waals surface area contributed by atoms with E-state index in [1.807, 2.05) is 33.3 Å². The summed E-state index contributed by atoms with van der Waals surface area (Å²) in [5.41, 5.74) is 0. The normalized spacial score (nSPS) is 14.4. The van der Waals surface area contributed by atoms with E-state index in [4.69, 9.17) is 13.8 Å². The lowest BCUT2D eigenvalue weighted by molar-refractivity contribution is -0.870. The number of unbranched alkanes of at least 4 members (excludes halogenated alkanes) is 22. The van der Waals surface area contributed by atoms with Crippen LogP contribution >= 0.6 is 7.82 Å². The van der Waals surface area contributed by atoms with Gasteiger partial charge in [-0.3, -0.25) is 18.6 Å². The van der Waals surface area contributed by atoms with E-state index in [0.29, 0.717) is 23.9 Å². The van der Waals surface area contributed by atoms with Crippen molar-refractivity contribution >= 4 is 19.7 Å². The molecule has 9 nitrogen and oxygen atoms in total. The van der Waals surface area contributed by atoms with E-state index in [1.54, 1.807) is 0 Å². The molecule has 1 amide bonds. The topological polar surface area (TPSA) is 111 Å². The van der Waals surface area contributed by atoms with Crippen molar-refractivity contribution in [2.45, 2.75) is 232 Å². The highest BCUT2D eigenvalue weighted by atomic mass is 31.2. The highest BCUT2D eigenvalue weighted by Crippen LogP contribution is 2.43. The largest absolute Gasteiger partial charge is 0.472 e. The molecule has 3 unspecified atom stereocenters. The SMILES string of the molecule is CC/C=C/C/C=C/C/C=C/C/C=C/CCCCCC(=O)NC(COP(=O)(O)OCC[N+](C)(C)C)C(/C=C\CCCCCCCCCCC)OC(=O)CCCCCCCCCCCCC. The van der Waals surface area contributed by atoms with Crippen LogP contribution in [0.25, 0.3) is 0 Å². The van der Waals surface area contributed by atoms with E-state index in [0.717, 1.165) is 83.5 Å². The number of rotatable bonds is 46. The predicted octanol–water partition coefficient (Wildman–Crippen LogP) is 15.2. The first kappa shape index (κ1) is 61.7. The van der Waals surface area contributed by atoms with Crippen LogP contribution in [0.5, 0.6) is 0 Å². The van der Waals surface area contributed by atoms with E-state index in [-0.39, 0.29) is 31.5 Å². The van der Waals surface area contributed by atoms with Crippen LogP contribution in [-0.2, 0) is 27.9 Å². The summed E-state index contributed by atoms with van der Waals surface area (Å²) in [6, 6.07) is -0.861. The zero-order chi connectivity index (χ0) is 47.3. The van der Waals surface area contributed by atoms with Crippen LogP contribution in [0.3, 0.4) is 0 Å². The number of hydrogen-bond donors (Lipinski definition) is 2. The number of hydrogen-bond acceptors (Lipinski definition) is 6. The maximum absolute atomic E-state index is 13.4. The lowest BCUT2D eigenvalue weighted by atomic mass is 10.0. The molecule has 0 rings (SSSR count). The first-order chi connectivity index (χ1) is 30.9. The Morgan fingerprint density at radius 3 is 1.52 bits per heavy atom. The molecule has 3 atom stereocenters. The van der Waals surface area contributed by atoms with Gasteiger partial charge in [-0.2, -0.15) is 0 Å². The standard InChI is InChI=1S/C54H99N2O7P/c1-7-10-13-16-19-22-25-26-27-28-29-32-34-37-40-43-46-53(57)55-51(50-62-64(59,60)61-49-48-56(4,5)6)52(45-42-39-36-33-30-23-20-17-14-11-8-2)63-54(58)47-44-41-38-35-31-24-21-18-15-12-9-3/h10,13,19,22,26-27,29,32,42,45,51-52H,7-9,11-12,14-18,20-21,23-25,28,30-31,33-41,43-44,46-50H2,1-6H3,(H-,55,57,59,60)/p+1/b13-10+,22-19+,27-26+,32-29+,45-42-. The van der Waals surface area contributed by atoms with Crippen LogP contribution in [0.1, 0.15) is 220 Å². The van der Waals surface area contributed by atoms with Gasteiger partial charge in [-0.1, -0.05) is 197 Å². The summed E-state index contributed by atoms with van der Waals surface area (Å²) in [7, 11) is 1.47. The molecule has 0 fully saturated rings. The third-order valence-electron chi connectivity index (χ3n) is 11.2. The van der Waals surface area contributed by atoms with E-state index >= 15 is 0 Å². The highest BCUT2D eigenvalue weighted by molar-refractivity contribution is 7.47. The Morgan fingerprint density at radius 2 is 1.00 bits per heavy atom. The number of carbonyl (C=O) groups excluding carboxylic acids is 2. The first-order valence-electron chi connectivity index (χ1n) is 26.1. The van der Waals surface area contributed by atoms with Crippen LogP contribution in [0.2, 0.25) is 0 Å². The van der Waals surface area contributed by atoms with Crippen molar-refractivity contribution in [3.63, 3.8) is 0 Å². The highest BCUT2D eigenvalue weighted by Gasteiger charge is 2.30. The van der Waals surface area contributed by atoms with Gasteiger partial charge in [0.2, 0.25) is 5.91 Å². The number of nitrogens with zero attached hydrogens (tertiary/aromatic N) is 1. The molecule has 0 heterocycles. The number of esters is 1. The zero-order valence-electron chi connectivity index (χ0n) is 42.3. The Kier molecular flexibility index (Phi) is 42.9. The smallest absolute Gasteiger partial charge is 0.456 e. The van der Waals surface area contributed by atoms with Crippen molar-refractivity contribution in [1.82, 2.24) is 5.32 Å². The second-order valence-corrected chi connectivity index (χ2v) is 20.1.